The Balaban J connectivity index is 1.17. The first-order chi connectivity index (χ1) is 26.1. The van der Waals surface area contributed by atoms with Gasteiger partial charge in [-0.15, -0.1) is 0 Å². The van der Waals surface area contributed by atoms with E-state index in [1.807, 2.05) is 0 Å². The molecule has 0 atom stereocenters. The fourth-order valence-corrected chi connectivity index (χ4v) is 9.31. The zero-order valence-electron chi connectivity index (χ0n) is 29.7. The number of rotatable bonds is 4. The van der Waals surface area contributed by atoms with Crippen LogP contribution in [0.5, 0.6) is 0 Å². The van der Waals surface area contributed by atoms with E-state index in [9.17, 15) is 0 Å². The van der Waals surface area contributed by atoms with E-state index in [2.05, 4.69) is 205 Å². The van der Waals surface area contributed by atoms with Gasteiger partial charge in [-0.25, -0.2) is 0 Å². The predicted molar refractivity (Wildman–Crippen MR) is 224 cm³/mol. The number of para-hydroxylation sites is 2. The monoisotopic (exact) mass is 676 g/mol. The molecular weight excluding hydrogens is 641 g/mol. The van der Waals surface area contributed by atoms with Crippen LogP contribution in [0, 0.1) is 0 Å². The Morgan fingerprint density at radius 3 is 1.66 bits per heavy atom. The van der Waals surface area contributed by atoms with Crippen molar-refractivity contribution in [2.45, 2.75) is 19.3 Å². The molecule has 10 aromatic rings. The van der Waals surface area contributed by atoms with Crippen molar-refractivity contribution in [2.75, 3.05) is 0 Å². The van der Waals surface area contributed by atoms with Crippen molar-refractivity contribution in [2.24, 2.45) is 0 Å². The fourth-order valence-electron chi connectivity index (χ4n) is 9.31. The lowest BCUT2D eigenvalue weighted by atomic mass is 9.82. The summed E-state index contributed by atoms with van der Waals surface area (Å²) in [7, 11) is 0. The number of hydrogen-bond acceptors (Lipinski definition) is 0. The Bertz CT molecular complexity index is 3080. The summed E-state index contributed by atoms with van der Waals surface area (Å²) in [4.78, 5) is 0. The molecule has 0 fully saturated rings. The summed E-state index contributed by atoms with van der Waals surface area (Å²) in [5, 5.41) is 5.11. The summed E-state index contributed by atoms with van der Waals surface area (Å²) in [6, 6.07) is 66.9. The van der Waals surface area contributed by atoms with Gasteiger partial charge in [0.15, 0.2) is 0 Å². The van der Waals surface area contributed by atoms with Crippen molar-refractivity contribution in [3.63, 3.8) is 0 Å². The molecule has 2 aromatic heterocycles. The van der Waals surface area contributed by atoms with Gasteiger partial charge < -0.3 is 9.13 Å². The van der Waals surface area contributed by atoms with Gasteiger partial charge in [0.1, 0.15) is 0 Å². The molecule has 0 bridgehead atoms. The van der Waals surface area contributed by atoms with Crippen molar-refractivity contribution in [1.82, 2.24) is 9.13 Å². The van der Waals surface area contributed by atoms with Gasteiger partial charge in [-0.2, -0.15) is 0 Å². The maximum absolute atomic E-state index is 2.52. The molecule has 0 spiro atoms. The molecule has 1 aliphatic rings. The van der Waals surface area contributed by atoms with Crippen LogP contribution in [0.15, 0.2) is 182 Å². The zero-order valence-corrected chi connectivity index (χ0v) is 29.7. The maximum atomic E-state index is 2.52. The molecular formula is C51H36N2. The minimum absolute atomic E-state index is 0.0706. The highest BCUT2D eigenvalue weighted by molar-refractivity contribution is 6.29. The van der Waals surface area contributed by atoms with E-state index in [0.717, 1.165) is 5.69 Å². The molecule has 2 heteroatoms. The lowest BCUT2D eigenvalue weighted by Gasteiger charge is -2.21. The third-order valence-corrected chi connectivity index (χ3v) is 11.7. The van der Waals surface area contributed by atoms with Crippen molar-refractivity contribution in [3.05, 3.63) is 193 Å². The summed E-state index contributed by atoms with van der Waals surface area (Å²) >= 11 is 0. The van der Waals surface area contributed by atoms with Crippen molar-refractivity contribution in [1.29, 1.82) is 0 Å². The Labute approximate surface area is 308 Å². The third kappa shape index (κ3) is 4.27. The van der Waals surface area contributed by atoms with Gasteiger partial charge in [-0.3, -0.25) is 0 Å². The molecule has 11 rings (SSSR count). The highest BCUT2D eigenvalue weighted by atomic mass is 15.0. The molecule has 1 aliphatic carbocycles. The predicted octanol–water partition coefficient (Wildman–Crippen LogP) is 13.5. The molecule has 0 saturated carbocycles. The molecule has 0 N–H and O–H groups in total. The maximum Gasteiger partial charge on any atom is 0.0549 e. The molecule has 2 heterocycles. The number of hydrogen-bond donors (Lipinski definition) is 0. The standard InChI is InChI=1S/C51H36N2/c1-51(2)41-24-9-6-21-38(41)48-42(51)25-14-28-45(48)53-44-27-11-8-23-40(44)50-47(53)30-29-46-49(50)39-22-7-10-26-43(39)52(46)37-20-13-19-36(32-37)35-18-12-17-34(31-35)33-15-4-3-5-16-33/h3-32H,1-2H3. The van der Waals surface area contributed by atoms with Gasteiger partial charge in [0.25, 0.3) is 0 Å². The molecule has 0 unspecified atom stereocenters. The van der Waals surface area contributed by atoms with Crippen LogP contribution in [0.2, 0.25) is 0 Å². The van der Waals surface area contributed by atoms with E-state index in [-0.39, 0.29) is 5.41 Å². The second-order valence-corrected chi connectivity index (χ2v) is 14.9. The zero-order chi connectivity index (χ0) is 35.3. The average molecular weight is 677 g/mol. The average Bonchev–Trinajstić information content (AvgIpc) is 3.81. The largest absolute Gasteiger partial charge is 0.309 e. The molecule has 0 saturated heterocycles. The topological polar surface area (TPSA) is 9.86 Å². The van der Waals surface area contributed by atoms with E-state index in [0.29, 0.717) is 0 Å². The van der Waals surface area contributed by atoms with Crippen LogP contribution in [0.3, 0.4) is 0 Å². The van der Waals surface area contributed by atoms with Gasteiger partial charge in [0.05, 0.1) is 27.8 Å². The Morgan fingerprint density at radius 2 is 0.906 bits per heavy atom. The molecule has 2 nitrogen and oxygen atoms in total. The van der Waals surface area contributed by atoms with E-state index in [4.69, 9.17) is 0 Å². The van der Waals surface area contributed by atoms with Gasteiger partial charge in [-0.1, -0.05) is 147 Å². The molecule has 8 aromatic carbocycles. The van der Waals surface area contributed by atoms with Crippen LogP contribution in [-0.2, 0) is 5.41 Å². The van der Waals surface area contributed by atoms with Crippen LogP contribution in [-0.4, -0.2) is 9.13 Å². The summed E-state index contributed by atoms with van der Waals surface area (Å²) in [5.41, 5.74) is 17.5. The van der Waals surface area contributed by atoms with E-state index in [1.165, 1.54) is 93.8 Å². The van der Waals surface area contributed by atoms with Crippen LogP contribution in [0.1, 0.15) is 25.0 Å². The van der Waals surface area contributed by atoms with Crippen LogP contribution in [0.4, 0.5) is 0 Å². The molecule has 0 radical (unpaired) electrons. The van der Waals surface area contributed by atoms with Crippen LogP contribution >= 0.6 is 0 Å². The number of benzene rings is 8. The van der Waals surface area contributed by atoms with Gasteiger partial charge >= 0.3 is 0 Å². The minimum Gasteiger partial charge on any atom is -0.309 e. The normalized spacial score (nSPS) is 13.2. The van der Waals surface area contributed by atoms with Gasteiger partial charge in [-0.05, 0) is 87.5 Å². The van der Waals surface area contributed by atoms with Crippen molar-refractivity contribution < 1.29 is 0 Å². The van der Waals surface area contributed by atoms with E-state index >= 15 is 0 Å². The summed E-state index contributed by atoms with van der Waals surface area (Å²) in [6.45, 7) is 4.72. The molecule has 0 aliphatic heterocycles. The van der Waals surface area contributed by atoms with Gasteiger partial charge in [0.2, 0.25) is 0 Å². The molecule has 0 amide bonds. The first kappa shape index (κ1) is 30.0. The fraction of sp³-hybridized carbons (Fsp3) is 0.0588. The van der Waals surface area contributed by atoms with Crippen molar-refractivity contribution >= 4 is 43.6 Å². The Morgan fingerprint density at radius 1 is 0.377 bits per heavy atom. The highest BCUT2D eigenvalue weighted by Gasteiger charge is 2.37. The SMILES string of the molecule is CC1(C)c2ccccc2-c2c(-n3c4ccccc4c4c5c6ccccc6n(-c6cccc(-c7cccc(-c8ccccc8)c7)c6)c5ccc43)cccc21. The lowest BCUT2D eigenvalue weighted by Crippen LogP contribution is -2.14. The number of aromatic nitrogens is 2. The van der Waals surface area contributed by atoms with Crippen molar-refractivity contribution in [3.8, 4) is 44.8 Å². The van der Waals surface area contributed by atoms with Crippen LogP contribution in [0.25, 0.3) is 88.4 Å². The van der Waals surface area contributed by atoms with Crippen LogP contribution < -0.4 is 0 Å². The minimum atomic E-state index is -0.0706. The third-order valence-electron chi connectivity index (χ3n) is 11.7. The first-order valence-electron chi connectivity index (χ1n) is 18.5. The van der Waals surface area contributed by atoms with E-state index in [1.54, 1.807) is 0 Å². The highest BCUT2D eigenvalue weighted by Crippen LogP contribution is 2.52. The number of nitrogens with zero attached hydrogens (tertiary/aromatic N) is 2. The molecule has 53 heavy (non-hydrogen) atoms. The summed E-state index contributed by atoms with van der Waals surface area (Å²) in [6.07, 6.45) is 0. The second kappa shape index (κ2) is 11.2. The second-order valence-electron chi connectivity index (χ2n) is 14.9. The van der Waals surface area contributed by atoms with E-state index < -0.39 is 0 Å². The Kier molecular flexibility index (Phi) is 6.33. The Hall–Kier alpha value is -6.64. The molecule has 250 valence electrons. The smallest absolute Gasteiger partial charge is 0.0549 e. The summed E-state index contributed by atoms with van der Waals surface area (Å²) in [5.74, 6) is 0. The lowest BCUT2D eigenvalue weighted by molar-refractivity contribution is 0.660. The first-order valence-corrected chi connectivity index (χ1v) is 18.5. The quantitative estimate of drug-likeness (QED) is 0.176. The van der Waals surface area contributed by atoms with Gasteiger partial charge in [0, 0.05) is 38.2 Å². The number of fused-ring (bicyclic) bond motifs is 10. The summed E-state index contributed by atoms with van der Waals surface area (Å²) < 4.78 is 4.98.